The number of ether oxygens (including phenoxy) is 1. The minimum Gasteiger partial charge on any atom is -0.475 e. The third-order valence-corrected chi connectivity index (χ3v) is 10.5. The smallest absolute Gasteiger partial charge is 0.475 e. The minimum atomic E-state index is -5.08. The number of sulfone groups is 1. The molecule has 286 valence electrons. The van der Waals surface area contributed by atoms with Crippen LogP contribution in [0.1, 0.15) is 69.9 Å². The number of alkyl halides is 3. The van der Waals surface area contributed by atoms with Crippen molar-refractivity contribution in [3.63, 3.8) is 0 Å². The number of amides is 1. The molecule has 1 saturated carbocycles. The Bertz CT molecular complexity index is 1480. The van der Waals surface area contributed by atoms with Gasteiger partial charge in [-0.2, -0.15) is 13.2 Å². The Labute approximate surface area is 295 Å². The fourth-order valence-electron chi connectivity index (χ4n) is 5.34. The van der Waals surface area contributed by atoms with E-state index in [1.807, 2.05) is 19.9 Å². The number of nitrogens with one attached hydrogen (secondary N) is 2. The van der Waals surface area contributed by atoms with Crippen molar-refractivity contribution in [1.82, 2.24) is 10.6 Å². The first-order chi connectivity index (χ1) is 23.9. The second kappa shape index (κ2) is 21.0. The van der Waals surface area contributed by atoms with Crippen LogP contribution in [0.15, 0.2) is 48.5 Å². The van der Waals surface area contributed by atoms with Gasteiger partial charge in [0.2, 0.25) is 0 Å². The number of hydrogen-bond donors (Lipinski definition) is 4. The van der Waals surface area contributed by atoms with Crippen molar-refractivity contribution in [3.05, 3.63) is 71.3 Å². The summed E-state index contributed by atoms with van der Waals surface area (Å²) in [6, 6.07) is 10.5. The Morgan fingerprint density at radius 3 is 2.04 bits per heavy atom. The summed E-state index contributed by atoms with van der Waals surface area (Å²) in [6.45, 7) is 4.56. The van der Waals surface area contributed by atoms with Crippen LogP contribution in [0.3, 0.4) is 0 Å². The van der Waals surface area contributed by atoms with Crippen molar-refractivity contribution < 1.29 is 59.7 Å². The van der Waals surface area contributed by atoms with Crippen molar-refractivity contribution in [2.45, 2.75) is 95.4 Å². The maximum absolute atomic E-state index is 14.0. The predicted molar refractivity (Wildman–Crippen MR) is 179 cm³/mol. The van der Waals surface area contributed by atoms with Gasteiger partial charge in [-0.3, -0.25) is 4.79 Å². The second-order valence-corrected chi connectivity index (χ2v) is 15.0. The number of halogens is 5. The first-order valence-corrected chi connectivity index (χ1v) is 18.5. The molecule has 0 aliphatic heterocycles. The number of carbonyl (C=O) groups is 3. The van der Waals surface area contributed by atoms with Gasteiger partial charge < -0.3 is 25.6 Å². The SMILES string of the molecule is CCCC(CCC)S(=O)(=O)C[C@@H](NC(=O)OCc1ccccc1)C(=O)C[C@H](Cc1cc(F)cc(F)c1)C(O)CNCC1CC1.O=C(O)C(F)(F)F. The van der Waals surface area contributed by atoms with Crippen molar-refractivity contribution in [2.24, 2.45) is 11.8 Å². The van der Waals surface area contributed by atoms with Gasteiger partial charge in [0.05, 0.1) is 17.1 Å². The van der Waals surface area contributed by atoms with Crippen LogP contribution < -0.4 is 10.6 Å². The van der Waals surface area contributed by atoms with Gasteiger partial charge in [-0.1, -0.05) is 57.0 Å². The van der Waals surface area contributed by atoms with Gasteiger partial charge >= 0.3 is 18.2 Å². The summed E-state index contributed by atoms with van der Waals surface area (Å²) in [7, 11) is -3.81. The minimum absolute atomic E-state index is 0.0289. The number of carboxylic acids is 1. The van der Waals surface area contributed by atoms with Gasteiger partial charge in [0.1, 0.15) is 24.3 Å². The van der Waals surface area contributed by atoms with Crippen LogP contribution in [0.4, 0.5) is 26.7 Å². The number of aliphatic hydroxyl groups excluding tert-OH is 1. The summed E-state index contributed by atoms with van der Waals surface area (Å²) < 4.78 is 92.0. The molecular weight excluding hydrogens is 703 g/mol. The van der Waals surface area contributed by atoms with E-state index < -0.39 is 74.6 Å². The molecule has 1 unspecified atom stereocenters. The number of ketones is 1. The standard InChI is InChI=1S/C33H46F2N2O6S.C2HF3O2/c1-3-8-29(9-4-2)44(41,42)22-30(37-33(40)43-21-24-10-6-5-7-11-24)31(38)17-26(32(39)20-36-19-23-12-13-23)14-25-15-27(34)18-28(35)16-25;3-2(4,5)1(6)7/h5-7,10-11,15-16,18,23,26,29-30,32,36,39H,3-4,8-9,12-14,17,19-22H2,1-2H3,(H,37,40);(H,6,7)/t26-,30+,32?;/m0./s1. The van der Waals surface area contributed by atoms with Gasteiger partial charge in [-0.15, -0.1) is 0 Å². The van der Waals surface area contributed by atoms with Crippen LogP contribution in [-0.4, -0.2) is 78.9 Å². The zero-order chi connectivity index (χ0) is 38.2. The molecule has 10 nitrogen and oxygen atoms in total. The lowest BCUT2D eigenvalue weighted by Crippen LogP contribution is -2.48. The number of aliphatic carboxylic acids is 1. The van der Waals surface area contributed by atoms with E-state index in [9.17, 15) is 45.1 Å². The van der Waals surface area contributed by atoms with E-state index in [2.05, 4.69) is 10.6 Å². The molecule has 0 radical (unpaired) electrons. The van der Waals surface area contributed by atoms with Gasteiger partial charge in [-0.25, -0.2) is 26.8 Å². The molecule has 3 atom stereocenters. The van der Waals surface area contributed by atoms with Crippen LogP contribution in [-0.2, 0) is 37.2 Å². The third-order valence-electron chi connectivity index (χ3n) is 8.18. The number of hydrogen-bond acceptors (Lipinski definition) is 8. The molecule has 51 heavy (non-hydrogen) atoms. The monoisotopic (exact) mass is 750 g/mol. The average molecular weight is 751 g/mol. The van der Waals surface area contributed by atoms with Crippen molar-refractivity contribution in [3.8, 4) is 0 Å². The Morgan fingerprint density at radius 2 is 1.53 bits per heavy atom. The Kier molecular flexibility index (Phi) is 18.0. The van der Waals surface area contributed by atoms with E-state index in [0.29, 0.717) is 43.7 Å². The zero-order valence-corrected chi connectivity index (χ0v) is 29.4. The fourth-order valence-corrected chi connectivity index (χ4v) is 7.53. The van der Waals surface area contributed by atoms with Crippen LogP contribution in [0, 0.1) is 23.5 Å². The molecule has 16 heteroatoms. The number of rotatable bonds is 20. The first kappa shape index (κ1) is 43.5. The molecular formula is C35H47F5N2O8S. The lowest BCUT2D eigenvalue weighted by Gasteiger charge is -2.26. The molecule has 4 N–H and O–H groups in total. The van der Waals surface area contributed by atoms with E-state index in [4.69, 9.17) is 14.6 Å². The van der Waals surface area contributed by atoms with Crippen LogP contribution in [0.2, 0.25) is 0 Å². The summed E-state index contributed by atoms with van der Waals surface area (Å²) >= 11 is 0. The molecule has 0 bridgehead atoms. The van der Waals surface area contributed by atoms with Crippen LogP contribution in [0.5, 0.6) is 0 Å². The Balaban J connectivity index is 0.00000116. The summed E-state index contributed by atoms with van der Waals surface area (Å²) in [5.41, 5.74) is 0.972. The molecule has 1 fully saturated rings. The van der Waals surface area contributed by atoms with E-state index in [1.165, 1.54) is 0 Å². The van der Waals surface area contributed by atoms with Gasteiger partial charge in [0.25, 0.3) is 0 Å². The van der Waals surface area contributed by atoms with E-state index >= 15 is 0 Å². The lowest BCUT2D eigenvalue weighted by molar-refractivity contribution is -0.192. The Morgan fingerprint density at radius 1 is 0.961 bits per heavy atom. The molecule has 0 saturated heterocycles. The van der Waals surface area contributed by atoms with Gasteiger partial charge in [-0.05, 0) is 73.7 Å². The van der Waals surface area contributed by atoms with Crippen LogP contribution in [0.25, 0.3) is 0 Å². The van der Waals surface area contributed by atoms with E-state index in [-0.39, 0.29) is 31.6 Å². The van der Waals surface area contributed by atoms with E-state index in [0.717, 1.165) is 31.0 Å². The summed E-state index contributed by atoms with van der Waals surface area (Å²) in [5.74, 6) is -5.81. The molecule has 3 rings (SSSR count). The quantitative estimate of drug-likeness (QED) is 0.124. The maximum atomic E-state index is 14.0. The van der Waals surface area contributed by atoms with Gasteiger partial charge in [0, 0.05) is 19.0 Å². The molecule has 1 aliphatic rings. The fraction of sp³-hybridized carbons (Fsp3) is 0.571. The number of Topliss-reactive ketones (excluding diaryl/α,β-unsaturated/α-hetero) is 1. The predicted octanol–water partition coefficient (Wildman–Crippen LogP) is 5.76. The highest BCUT2D eigenvalue weighted by Gasteiger charge is 2.38. The van der Waals surface area contributed by atoms with E-state index in [1.54, 1.807) is 24.3 Å². The lowest BCUT2D eigenvalue weighted by atomic mass is 9.87. The Hall–Kier alpha value is -3.63. The highest BCUT2D eigenvalue weighted by molar-refractivity contribution is 7.92. The number of aliphatic hydroxyl groups is 1. The molecule has 2 aromatic carbocycles. The number of carboxylic acid groups (broad SMARTS) is 1. The molecule has 2 aromatic rings. The maximum Gasteiger partial charge on any atom is 0.490 e. The molecule has 0 aromatic heterocycles. The highest BCUT2D eigenvalue weighted by Crippen LogP contribution is 2.28. The zero-order valence-electron chi connectivity index (χ0n) is 28.6. The average Bonchev–Trinajstić information content (AvgIpc) is 3.87. The van der Waals surface area contributed by atoms with Gasteiger partial charge in [0.15, 0.2) is 15.6 Å². The third kappa shape index (κ3) is 17.0. The largest absolute Gasteiger partial charge is 0.490 e. The molecule has 1 amide bonds. The summed E-state index contributed by atoms with van der Waals surface area (Å²) in [4.78, 5) is 35.5. The summed E-state index contributed by atoms with van der Waals surface area (Å²) in [6.07, 6.45) is -3.11. The van der Waals surface area contributed by atoms with Crippen molar-refractivity contribution in [1.29, 1.82) is 0 Å². The number of carbonyl (C=O) groups excluding carboxylic acids is 2. The highest BCUT2D eigenvalue weighted by atomic mass is 32.2. The molecule has 1 aliphatic carbocycles. The number of benzene rings is 2. The molecule has 0 heterocycles. The normalized spacial score (nSPS) is 14.9. The number of alkyl carbamates (subject to hydrolysis) is 1. The second-order valence-electron chi connectivity index (χ2n) is 12.7. The van der Waals surface area contributed by atoms with Crippen molar-refractivity contribution in [2.75, 3.05) is 18.8 Å². The summed E-state index contributed by atoms with van der Waals surface area (Å²) in [5, 5.41) is 23.2. The molecule has 0 spiro atoms. The van der Waals surface area contributed by atoms with Crippen molar-refractivity contribution >= 4 is 27.7 Å². The topological polar surface area (TPSA) is 159 Å². The van der Waals surface area contributed by atoms with Crippen LogP contribution >= 0.6 is 0 Å². The first-order valence-electron chi connectivity index (χ1n) is 16.8.